The van der Waals surface area contributed by atoms with Gasteiger partial charge >= 0.3 is 0 Å². The average Bonchev–Trinajstić information content (AvgIpc) is 2.84. The number of unbranched alkanes of at least 4 members (excludes halogenated alkanes) is 1. The summed E-state index contributed by atoms with van der Waals surface area (Å²) in [4.78, 5) is 13.9. The smallest absolute Gasteiger partial charge is 0.258 e. The third kappa shape index (κ3) is 4.31. The minimum Gasteiger partial charge on any atom is -0.307 e. The van der Waals surface area contributed by atoms with Crippen LogP contribution in [-0.4, -0.2) is 19.5 Å². The van der Waals surface area contributed by atoms with E-state index in [0.29, 0.717) is 36.2 Å². The molecule has 0 aliphatic rings. The number of benzene rings is 4. The number of nitrogens with zero attached hydrogens (tertiary/aromatic N) is 1. The molecule has 0 amide bonds. The van der Waals surface area contributed by atoms with E-state index in [2.05, 4.69) is 29.0 Å². The predicted octanol–water partition coefficient (Wildman–Crippen LogP) is 5.99. The van der Waals surface area contributed by atoms with Gasteiger partial charge in [-0.25, -0.2) is 13.1 Å². The van der Waals surface area contributed by atoms with E-state index in [1.807, 2.05) is 73.9 Å². The molecule has 1 aromatic heterocycles. The van der Waals surface area contributed by atoms with Crippen molar-refractivity contribution in [2.75, 3.05) is 6.54 Å². The van der Waals surface area contributed by atoms with Crippen LogP contribution in [0.5, 0.6) is 0 Å². The normalized spacial score (nSPS) is 12.1. The van der Waals surface area contributed by atoms with Gasteiger partial charge in [-0.1, -0.05) is 72.3 Å². The second-order valence-electron chi connectivity index (χ2n) is 9.52. The first-order valence-corrected chi connectivity index (χ1v) is 13.8. The molecule has 0 aliphatic carbocycles. The molecule has 1 heterocycles. The topological polar surface area (TPSA) is 68.2 Å². The number of rotatable bonds is 7. The van der Waals surface area contributed by atoms with Crippen molar-refractivity contribution >= 4 is 42.5 Å². The van der Waals surface area contributed by atoms with Crippen LogP contribution in [0.3, 0.4) is 0 Å². The van der Waals surface area contributed by atoms with Crippen molar-refractivity contribution in [2.24, 2.45) is 0 Å². The Morgan fingerprint density at radius 1 is 0.750 bits per heavy atom. The van der Waals surface area contributed by atoms with Crippen LogP contribution >= 0.6 is 0 Å². The summed E-state index contributed by atoms with van der Waals surface area (Å²) in [6.07, 6.45) is 1.29. The summed E-state index contributed by atoms with van der Waals surface area (Å²) in [5.41, 5.74) is 3.47. The Kier molecular flexibility index (Phi) is 6.41. The number of fused-ring (bicyclic) bond motifs is 5. The van der Waals surface area contributed by atoms with Crippen molar-refractivity contribution in [3.05, 3.63) is 99.8 Å². The van der Waals surface area contributed by atoms with E-state index in [-0.39, 0.29) is 5.56 Å². The van der Waals surface area contributed by atoms with E-state index in [1.54, 1.807) is 0 Å². The number of pyridine rings is 1. The molecule has 0 atom stereocenters. The van der Waals surface area contributed by atoms with Gasteiger partial charge in [-0.3, -0.25) is 4.79 Å². The molecule has 0 radical (unpaired) electrons. The number of aromatic nitrogens is 1. The Bertz CT molecular complexity index is 1760. The molecule has 0 spiro atoms. The van der Waals surface area contributed by atoms with Gasteiger partial charge in [-0.05, 0) is 61.6 Å². The van der Waals surface area contributed by atoms with Crippen LogP contribution in [0.1, 0.15) is 29.5 Å². The largest absolute Gasteiger partial charge is 0.307 e. The number of sulfonamides is 1. The molecule has 4 aromatic carbocycles. The van der Waals surface area contributed by atoms with Gasteiger partial charge in [0.1, 0.15) is 0 Å². The molecule has 0 saturated carbocycles. The lowest BCUT2D eigenvalue weighted by atomic mass is 10.0. The first-order valence-electron chi connectivity index (χ1n) is 12.3. The van der Waals surface area contributed by atoms with Crippen LogP contribution in [0.25, 0.3) is 32.4 Å². The molecule has 5 aromatic rings. The lowest BCUT2D eigenvalue weighted by Crippen LogP contribution is -2.27. The maximum absolute atomic E-state index is 13.5. The van der Waals surface area contributed by atoms with Gasteiger partial charge in [0.25, 0.3) is 5.56 Å². The Balaban J connectivity index is 1.42. The lowest BCUT2D eigenvalue weighted by molar-refractivity contribution is 0.566. The van der Waals surface area contributed by atoms with Crippen LogP contribution in [0.15, 0.2) is 82.5 Å². The lowest BCUT2D eigenvalue weighted by Gasteiger charge is -2.16. The van der Waals surface area contributed by atoms with E-state index in [1.165, 1.54) is 0 Å². The summed E-state index contributed by atoms with van der Waals surface area (Å²) < 4.78 is 30.6. The SMILES string of the molecule is Cc1cc(C)c(S(=O)(=O)NCCCCn2c(=O)c3ccccc3c3ccc4ccccc4c32)c(C)c1. The molecule has 0 aliphatic heterocycles. The number of aryl methyl sites for hydroxylation is 4. The fourth-order valence-corrected chi connectivity index (χ4v) is 6.92. The molecule has 0 fully saturated rings. The standard InChI is InChI=1S/C30H30N2O3S/c1-20-18-21(2)29(22(3)19-20)36(34,35)31-16-8-9-17-32-28-24-11-5-4-10-23(24)14-15-26(28)25-12-6-7-13-27(25)30(32)33/h4-7,10-15,18-19,31H,8-9,16-17H2,1-3H3. The van der Waals surface area contributed by atoms with Crippen molar-refractivity contribution < 1.29 is 8.42 Å². The van der Waals surface area contributed by atoms with Crippen LogP contribution in [0.4, 0.5) is 0 Å². The Labute approximate surface area is 211 Å². The van der Waals surface area contributed by atoms with Gasteiger partial charge in [0.2, 0.25) is 10.0 Å². The highest BCUT2D eigenvalue weighted by Crippen LogP contribution is 2.29. The Morgan fingerprint density at radius 3 is 2.11 bits per heavy atom. The second-order valence-corrected chi connectivity index (χ2v) is 11.2. The summed E-state index contributed by atoms with van der Waals surface area (Å²) >= 11 is 0. The predicted molar refractivity (Wildman–Crippen MR) is 148 cm³/mol. The van der Waals surface area contributed by atoms with Crippen molar-refractivity contribution in [1.82, 2.24) is 9.29 Å². The Morgan fingerprint density at radius 2 is 1.39 bits per heavy atom. The zero-order valence-corrected chi connectivity index (χ0v) is 21.7. The molecule has 184 valence electrons. The van der Waals surface area contributed by atoms with E-state index in [0.717, 1.165) is 43.8 Å². The number of nitrogens with one attached hydrogen (secondary N) is 1. The van der Waals surface area contributed by atoms with Crippen LogP contribution in [-0.2, 0) is 16.6 Å². The maximum Gasteiger partial charge on any atom is 0.258 e. The first kappa shape index (κ1) is 24.2. The summed E-state index contributed by atoms with van der Waals surface area (Å²) in [5, 5.41) is 4.84. The maximum atomic E-state index is 13.5. The zero-order chi connectivity index (χ0) is 25.4. The summed E-state index contributed by atoms with van der Waals surface area (Å²) in [6.45, 7) is 6.45. The molecular formula is C30H30N2O3S. The van der Waals surface area contributed by atoms with E-state index < -0.39 is 10.0 Å². The van der Waals surface area contributed by atoms with Crippen molar-refractivity contribution in [1.29, 1.82) is 0 Å². The third-order valence-corrected chi connectivity index (χ3v) is 8.60. The van der Waals surface area contributed by atoms with E-state index in [9.17, 15) is 13.2 Å². The number of hydrogen-bond acceptors (Lipinski definition) is 3. The summed E-state index contributed by atoms with van der Waals surface area (Å²) in [7, 11) is -3.60. The quantitative estimate of drug-likeness (QED) is 0.221. The van der Waals surface area contributed by atoms with E-state index in [4.69, 9.17) is 0 Å². The fourth-order valence-electron chi connectivity index (χ4n) is 5.39. The molecule has 0 saturated heterocycles. The summed E-state index contributed by atoms with van der Waals surface area (Å²) in [6, 6.07) is 23.8. The van der Waals surface area contributed by atoms with Crippen LogP contribution < -0.4 is 10.3 Å². The molecule has 6 heteroatoms. The van der Waals surface area contributed by atoms with Gasteiger partial charge in [-0.2, -0.15) is 0 Å². The molecular weight excluding hydrogens is 468 g/mol. The van der Waals surface area contributed by atoms with Gasteiger partial charge in [0.05, 0.1) is 10.4 Å². The molecule has 5 nitrogen and oxygen atoms in total. The van der Waals surface area contributed by atoms with Crippen molar-refractivity contribution in [3.8, 4) is 0 Å². The molecule has 0 bridgehead atoms. The monoisotopic (exact) mass is 498 g/mol. The van der Waals surface area contributed by atoms with Crippen molar-refractivity contribution in [3.63, 3.8) is 0 Å². The van der Waals surface area contributed by atoms with Gasteiger partial charge in [0.15, 0.2) is 0 Å². The van der Waals surface area contributed by atoms with Crippen LogP contribution in [0.2, 0.25) is 0 Å². The van der Waals surface area contributed by atoms with Crippen LogP contribution in [0, 0.1) is 20.8 Å². The molecule has 36 heavy (non-hydrogen) atoms. The highest BCUT2D eigenvalue weighted by molar-refractivity contribution is 7.89. The molecule has 0 unspecified atom stereocenters. The average molecular weight is 499 g/mol. The molecule has 5 rings (SSSR count). The molecule has 1 N–H and O–H groups in total. The minimum absolute atomic E-state index is 0.0130. The third-order valence-electron chi connectivity index (χ3n) is 6.84. The van der Waals surface area contributed by atoms with Crippen molar-refractivity contribution in [2.45, 2.75) is 45.1 Å². The second kappa shape index (κ2) is 9.52. The highest BCUT2D eigenvalue weighted by atomic mass is 32.2. The fraction of sp³-hybridized carbons (Fsp3) is 0.233. The van der Waals surface area contributed by atoms with Gasteiger partial charge in [0, 0.05) is 29.2 Å². The first-order chi connectivity index (χ1) is 17.3. The summed E-state index contributed by atoms with van der Waals surface area (Å²) in [5.74, 6) is 0. The van der Waals surface area contributed by atoms with E-state index >= 15 is 0 Å². The minimum atomic E-state index is -3.60. The highest BCUT2D eigenvalue weighted by Gasteiger charge is 2.19. The zero-order valence-electron chi connectivity index (χ0n) is 20.8. The number of hydrogen-bond donors (Lipinski definition) is 1. The Hall–Kier alpha value is -3.48. The van der Waals surface area contributed by atoms with Gasteiger partial charge in [-0.15, -0.1) is 0 Å². The van der Waals surface area contributed by atoms with Gasteiger partial charge < -0.3 is 4.57 Å².